The molecule has 68 heavy (non-hydrogen) atoms. The van der Waals surface area contributed by atoms with E-state index in [2.05, 4.69) is 111 Å². The Hall–Kier alpha value is -3.79. The molecule has 388 valence electrons. The molecule has 0 spiro atoms. The van der Waals surface area contributed by atoms with E-state index >= 15 is 0 Å². The molecule has 9 nitrogen and oxygen atoms in total. The highest BCUT2D eigenvalue weighted by molar-refractivity contribution is 5.71. The predicted molar refractivity (Wildman–Crippen MR) is 285 cm³/mol. The van der Waals surface area contributed by atoms with Crippen LogP contribution in [0.25, 0.3) is 0 Å². The minimum atomic E-state index is -1.52. The van der Waals surface area contributed by atoms with Crippen LogP contribution in [0.2, 0.25) is 0 Å². The van der Waals surface area contributed by atoms with E-state index in [9.17, 15) is 19.5 Å². The maximum absolute atomic E-state index is 12.8. The minimum Gasteiger partial charge on any atom is -0.477 e. The van der Waals surface area contributed by atoms with Gasteiger partial charge in [0.2, 0.25) is 0 Å². The van der Waals surface area contributed by atoms with E-state index in [0.717, 1.165) is 116 Å². The Balaban J connectivity index is 4.38. The number of nitrogens with zero attached hydrogens (tertiary/aromatic N) is 1. The van der Waals surface area contributed by atoms with Gasteiger partial charge < -0.3 is 28.5 Å². The van der Waals surface area contributed by atoms with Crippen LogP contribution in [0.4, 0.5) is 0 Å². The maximum Gasteiger partial charge on any atom is 0.361 e. The smallest absolute Gasteiger partial charge is 0.361 e. The number of hydrogen-bond donors (Lipinski definition) is 1. The van der Waals surface area contributed by atoms with Gasteiger partial charge in [0.05, 0.1) is 34.4 Å². The molecule has 0 rings (SSSR count). The summed E-state index contributed by atoms with van der Waals surface area (Å²) < 4.78 is 22.8. The number of ether oxygens (including phenoxy) is 4. The first-order chi connectivity index (χ1) is 33.1. The Bertz CT molecular complexity index is 1430. The Morgan fingerprint density at radius 1 is 0.456 bits per heavy atom. The first kappa shape index (κ1) is 64.2. The van der Waals surface area contributed by atoms with Gasteiger partial charge in [0.15, 0.2) is 6.10 Å². The lowest BCUT2D eigenvalue weighted by molar-refractivity contribution is -0.870. The predicted octanol–water partition coefficient (Wildman–Crippen LogP) is 15.4. The largest absolute Gasteiger partial charge is 0.477 e. The summed E-state index contributed by atoms with van der Waals surface area (Å²) in [6.45, 7) is 4.71. The van der Waals surface area contributed by atoms with Crippen molar-refractivity contribution < 1.29 is 42.9 Å². The van der Waals surface area contributed by atoms with Crippen LogP contribution < -0.4 is 0 Å². The Labute approximate surface area is 416 Å². The first-order valence-electron chi connectivity index (χ1n) is 26.9. The summed E-state index contributed by atoms with van der Waals surface area (Å²) >= 11 is 0. The lowest BCUT2D eigenvalue weighted by Gasteiger charge is -2.25. The number of esters is 2. The van der Waals surface area contributed by atoms with Gasteiger partial charge in [0.25, 0.3) is 6.29 Å². The fraction of sp³-hybridized carbons (Fsp3) is 0.678. The second-order valence-corrected chi connectivity index (χ2v) is 18.8. The zero-order valence-electron chi connectivity index (χ0n) is 44.0. The summed E-state index contributed by atoms with van der Waals surface area (Å²) in [5.41, 5.74) is 0. The lowest BCUT2D eigenvalue weighted by Crippen LogP contribution is -2.40. The molecule has 2 unspecified atom stereocenters. The van der Waals surface area contributed by atoms with Crippen LogP contribution in [-0.4, -0.2) is 87.4 Å². The Morgan fingerprint density at radius 3 is 1.26 bits per heavy atom. The molecule has 0 aromatic carbocycles. The molecule has 0 saturated heterocycles. The van der Waals surface area contributed by atoms with Crippen LogP contribution >= 0.6 is 0 Å². The number of carboxylic acid groups (broad SMARTS) is 1. The summed E-state index contributed by atoms with van der Waals surface area (Å²) in [4.78, 5) is 37.3. The van der Waals surface area contributed by atoms with E-state index in [-0.39, 0.29) is 38.6 Å². The third-order valence-corrected chi connectivity index (χ3v) is 11.1. The number of allylic oxidation sites excluding steroid dienone is 16. The fourth-order valence-electron chi connectivity index (χ4n) is 6.93. The average Bonchev–Trinajstić information content (AvgIpc) is 3.30. The van der Waals surface area contributed by atoms with E-state index < -0.39 is 24.3 Å². The van der Waals surface area contributed by atoms with E-state index in [1.165, 1.54) is 51.4 Å². The summed E-state index contributed by atoms with van der Waals surface area (Å²) in [6, 6.07) is 0. The van der Waals surface area contributed by atoms with Crippen molar-refractivity contribution >= 4 is 17.9 Å². The summed E-state index contributed by atoms with van der Waals surface area (Å²) in [6.07, 6.45) is 63.3. The van der Waals surface area contributed by atoms with Crippen molar-refractivity contribution in [3.05, 3.63) is 97.2 Å². The van der Waals surface area contributed by atoms with Crippen molar-refractivity contribution in [1.82, 2.24) is 0 Å². The van der Waals surface area contributed by atoms with Crippen LogP contribution in [0.3, 0.4) is 0 Å². The van der Waals surface area contributed by atoms with Crippen LogP contribution in [0, 0.1) is 0 Å². The van der Waals surface area contributed by atoms with Crippen LogP contribution in [0.15, 0.2) is 97.2 Å². The third kappa shape index (κ3) is 50.1. The minimum absolute atomic E-state index is 0.177. The van der Waals surface area contributed by atoms with Crippen LogP contribution in [0.5, 0.6) is 0 Å². The zero-order chi connectivity index (χ0) is 49.9. The van der Waals surface area contributed by atoms with Crippen molar-refractivity contribution in [2.45, 2.75) is 212 Å². The number of carbonyl (C=O) groups excluding carboxylic acids is 2. The van der Waals surface area contributed by atoms with Crippen molar-refractivity contribution in [3.63, 3.8) is 0 Å². The summed E-state index contributed by atoms with van der Waals surface area (Å²) in [5.74, 6) is -2.05. The molecule has 0 aromatic rings. The molecule has 0 fully saturated rings. The summed E-state index contributed by atoms with van der Waals surface area (Å²) in [5, 5.41) is 9.68. The number of unbranched alkanes of at least 4 members (excludes halogenated alkanes) is 17. The van der Waals surface area contributed by atoms with Crippen molar-refractivity contribution in [2.75, 3.05) is 47.5 Å². The molecular formula is C59H100NO8+. The molecule has 0 heterocycles. The normalized spacial score (nSPS) is 13.6. The van der Waals surface area contributed by atoms with Gasteiger partial charge in [-0.05, 0) is 96.3 Å². The van der Waals surface area contributed by atoms with Crippen molar-refractivity contribution in [2.24, 2.45) is 0 Å². The second-order valence-electron chi connectivity index (χ2n) is 18.8. The second kappa shape index (κ2) is 49.6. The van der Waals surface area contributed by atoms with Crippen LogP contribution in [0.1, 0.15) is 200 Å². The molecule has 0 aliphatic carbocycles. The molecule has 0 aliphatic rings. The number of aliphatic carboxylic acids is 1. The van der Waals surface area contributed by atoms with Gasteiger partial charge in [0, 0.05) is 12.8 Å². The van der Waals surface area contributed by atoms with Crippen LogP contribution in [-0.2, 0) is 33.3 Å². The SMILES string of the molecule is CC/C=C\C/C=C\C/C=C\C/C=C\C/C=C\C/C=C\C/C=C\CCCCCCCC(=O)OC(COC(=O)CCCCCCC/C=C\CCCCCCCCC)COC(OCC[N+](C)(C)C)C(=O)O. The first-order valence-corrected chi connectivity index (χ1v) is 26.9. The molecular weight excluding hydrogens is 851 g/mol. The number of carbonyl (C=O) groups is 3. The van der Waals surface area contributed by atoms with E-state index in [1.54, 1.807) is 0 Å². The van der Waals surface area contributed by atoms with Gasteiger partial charge in [-0.2, -0.15) is 0 Å². The topological polar surface area (TPSA) is 108 Å². The highest BCUT2D eigenvalue weighted by Gasteiger charge is 2.25. The number of likely N-dealkylation sites (N-methyl/N-ethyl adjacent to an activating group) is 1. The highest BCUT2D eigenvalue weighted by Crippen LogP contribution is 2.13. The molecule has 0 saturated carbocycles. The van der Waals surface area contributed by atoms with Gasteiger partial charge in [-0.3, -0.25) is 9.59 Å². The third-order valence-electron chi connectivity index (χ3n) is 11.1. The molecule has 0 bridgehead atoms. The molecule has 0 aromatic heterocycles. The fourth-order valence-corrected chi connectivity index (χ4v) is 6.93. The quantitative estimate of drug-likeness (QED) is 0.0211. The number of rotatable bonds is 48. The van der Waals surface area contributed by atoms with Crippen molar-refractivity contribution in [3.8, 4) is 0 Å². The zero-order valence-corrected chi connectivity index (χ0v) is 44.0. The standard InChI is InChI=1S/C59H99NO8/c1-6-8-10-12-14-16-18-20-22-24-25-26-27-28-29-30-31-32-33-34-36-38-40-42-44-46-48-50-57(62)68-55(54-67-59(58(63)64)65-52-51-60(3,4)5)53-66-56(61)49-47-45-43-41-39-37-35-23-21-19-17-15-13-11-9-7-2/h8,10,14,16,20,22-23,25-26,28-29,31-32,34-36,55,59H,6-7,9,11-13,15,17-19,21,24,27,30,33,37-54H2,1-5H3/p+1/b10-8-,16-14-,22-20-,26-25-,29-28-,32-31-,35-23-,36-34-. The van der Waals surface area contributed by atoms with Gasteiger partial charge in [-0.25, -0.2) is 4.79 Å². The summed E-state index contributed by atoms with van der Waals surface area (Å²) in [7, 11) is 5.95. The molecule has 0 amide bonds. The van der Waals surface area contributed by atoms with Crippen molar-refractivity contribution in [1.29, 1.82) is 0 Å². The molecule has 1 N–H and O–H groups in total. The van der Waals surface area contributed by atoms with E-state index in [4.69, 9.17) is 18.9 Å². The Morgan fingerprint density at radius 2 is 0.838 bits per heavy atom. The number of quaternary nitrogens is 1. The number of hydrogen-bond acceptors (Lipinski definition) is 7. The van der Waals surface area contributed by atoms with Gasteiger partial charge in [0.1, 0.15) is 13.2 Å². The molecule has 0 aliphatic heterocycles. The van der Waals surface area contributed by atoms with Gasteiger partial charge in [-0.1, -0.05) is 188 Å². The van der Waals surface area contributed by atoms with Gasteiger partial charge >= 0.3 is 17.9 Å². The molecule has 9 heteroatoms. The highest BCUT2D eigenvalue weighted by atomic mass is 16.7. The Kier molecular flexibility index (Phi) is 46.9. The molecule has 0 radical (unpaired) electrons. The van der Waals surface area contributed by atoms with E-state index in [0.29, 0.717) is 17.4 Å². The number of carboxylic acids is 1. The average molecular weight is 951 g/mol. The monoisotopic (exact) mass is 951 g/mol. The lowest BCUT2D eigenvalue weighted by atomic mass is 10.1. The van der Waals surface area contributed by atoms with E-state index in [1.807, 2.05) is 21.1 Å². The molecule has 2 atom stereocenters. The van der Waals surface area contributed by atoms with Gasteiger partial charge in [-0.15, -0.1) is 0 Å². The maximum atomic E-state index is 12.8.